The minimum atomic E-state index is -1.24. The van der Waals surface area contributed by atoms with Crippen molar-refractivity contribution in [2.75, 3.05) is 26.1 Å². The number of anilines is 1. The Morgan fingerprint density at radius 2 is 1.97 bits per heavy atom. The fourth-order valence-electron chi connectivity index (χ4n) is 3.52. The molecule has 0 saturated carbocycles. The van der Waals surface area contributed by atoms with Crippen LogP contribution >= 0.6 is 11.6 Å². The van der Waals surface area contributed by atoms with Crippen LogP contribution in [0.15, 0.2) is 24.8 Å². The van der Waals surface area contributed by atoms with Crippen LogP contribution in [0.25, 0.3) is 11.2 Å². The predicted octanol–water partition coefficient (Wildman–Crippen LogP) is 0.720. The first-order valence-electron chi connectivity index (χ1n) is 9.43. The monoisotopic (exact) mass is 451 g/mol. The number of hydrogen-bond donors (Lipinski definition) is 4. The van der Waals surface area contributed by atoms with Crippen molar-refractivity contribution in [2.24, 2.45) is 0 Å². The highest BCUT2D eigenvalue weighted by Crippen LogP contribution is 2.38. The summed E-state index contributed by atoms with van der Waals surface area (Å²) < 4.78 is 17.6. The molecular formula is C19H22ClN5O6. The van der Waals surface area contributed by atoms with Gasteiger partial charge in [-0.05, 0) is 11.6 Å². The summed E-state index contributed by atoms with van der Waals surface area (Å²) in [6.07, 6.45) is -1.52. The number of benzene rings is 1. The molecule has 31 heavy (non-hydrogen) atoms. The second-order valence-corrected chi connectivity index (χ2v) is 7.28. The van der Waals surface area contributed by atoms with E-state index in [1.807, 2.05) is 6.07 Å². The summed E-state index contributed by atoms with van der Waals surface area (Å²) in [6, 6.07) is 3.57. The van der Waals surface area contributed by atoms with Crippen LogP contribution in [0, 0.1) is 0 Å². The highest BCUT2D eigenvalue weighted by molar-refractivity contribution is 6.33. The van der Waals surface area contributed by atoms with Gasteiger partial charge in [0.1, 0.15) is 24.6 Å². The van der Waals surface area contributed by atoms with E-state index in [1.54, 1.807) is 6.07 Å². The van der Waals surface area contributed by atoms with Gasteiger partial charge in [-0.25, -0.2) is 15.0 Å². The molecule has 12 heteroatoms. The number of aliphatic hydroxyl groups is 3. The Bertz CT molecular complexity index is 1080. The van der Waals surface area contributed by atoms with Gasteiger partial charge in [0.05, 0.1) is 32.2 Å². The van der Waals surface area contributed by atoms with Crippen molar-refractivity contribution in [2.45, 2.75) is 31.1 Å². The molecule has 11 nitrogen and oxygen atoms in total. The molecule has 2 aromatic heterocycles. The average Bonchev–Trinajstić information content (AvgIpc) is 3.34. The van der Waals surface area contributed by atoms with E-state index in [-0.39, 0.29) is 0 Å². The first-order valence-corrected chi connectivity index (χ1v) is 9.81. The minimum Gasteiger partial charge on any atom is -0.493 e. The molecule has 1 aliphatic rings. The van der Waals surface area contributed by atoms with Gasteiger partial charge in [0, 0.05) is 6.54 Å². The average molecular weight is 452 g/mol. The SMILES string of the molecule is COc1ccc(CNc2ncnc3c2ncn3C2O[C@H](CO)[C@@H](O)[C@H]2O)c(Cl)c1OC. The van der Waals surface area contributed by atoms with E-state index in [0.717, 1.165) is 5.56 Å². The van der Waals surface area contributed by atoms with Crippen molar-refractivity contribution < 1.29 is 29.5 Å². The van der Waals surface area contributed by atoms with E-state index in [4.69, 9.17) is 25.8 Å². The molecule has 3 aromatic rings. The molecule has 0 bridgehead atoms. The number of rotatable bonds is 7. The number of fused-ring (bicyclic) bond motifs is 1. The number of hydrogen-bond acceptors (Lipinski definition) is 10. The maximum Gasteiger partial charge on any atom is 0.179 e. The summed E-state index contributed by atoms with van der Waals surface area (Å²) in [5, 5.41) is 33.2. The summed E-state index contributed by atoms with van der Waals surface area (Å²) >= 11 is 6.44. The predicted molar refractivity (Wildman–Crippen MR) is 110 cm³/mol. The Hall–Kier alpha value is -2.70. The Balaban J connectivity index is 1.60. The molecule has 0 amide bonds. The lowest BCUT2D eigenvalue weighted by Gasteiger charge is -2.16. The first-order chi connectivity index (χ1) is 15.0. The zero-order chi connectivity index (χ0) is 22.1. The van der Waals surface area contributed by atoms with Crippen molar-refractivity contribution in [1.82, 2.24) is 19.5 Å². The lowest BCUT2D eigenvalue weighted by molar-refractivity contribution is -0.0511. The van der Waals surface area contributed by atoms with Crippen molar-refractivity contribution in [3.05, 3.63) is 35.4 Å². The van der Waals surface area contributed by atoms with Crippen molar-refractivity contribution in [3.8, 4) is 11.5 Å². The summed E-state index contributed by atoms with van der Waals surface area (Å²) in [6.45, 7) is -0.0960. The molecule has 1 aliphatic heterocycles. The third-order valence-corrected chi connectivity index (χ3v) is 5.58. The highest BCUT2D eigenvalue weighted by Gasteiger charge is 2.44. The zero-order valence-electron chi connectivity index (χ0n) is 16.8. The molecule has 4 N–H and O–H groups in total. The molecule has 1 aromatic carbocycles. The van der Waals surface area contributed by atoms with Gasteiger partial charge in [0.2, 0.25) is 0 Å². The van der Waals surface area contributed by atoms with Crippen LogP contribution in [0.4, 0.5) is 5.82 Å². The number of aromatic nitrogens is 4. The third kappa shape index (κ3) is 3.75. The third-order valence-electron chi connectivity index (χ3n) is 5.16. The van der Waals surface area contributed by atoms with Gasteiger partial charge in [0.25, 0.3) is 0 Å². The Morgan fingerprint density at radius 3 is 2.65 bits per heavy atom. The Labute approximate surface area is 182 Å². The van der Waals surface area contributed by atoms with Crippen LogP contribution in [0.5, 0.6) is 11.5 Å². The van der Waals surface area contributed by atoms with Gasteiger partial charge in [-0.1, -0.05) is 17.7 Å². The van der Waals surface area contributed by atoms with Gasteiger partial charge in [-0.2, -0.15) is 0 Å². The van der Waals surface area contributed by atoms with Gasteiger partial charge in [-0.15, -0.1) is 0 Å². The molecule has 0 radical (unpaired) electrons. The van der Waals surface area contributed by atoms with Crippen LogP contribution in [0.3, 0.4) is 0 Å². The first kappa shape index (κ1) is 21.5. The topological polar surface area (TPSA) is 144 Å². The summed E-state index contributed by atoms with van der Waals surface area (Å²) in [7, 11) is 3.05. The zero-order valence-corrected chi connectivity index (χ0v) is 17.5. The normalized spacial score (nSPS) is 23.3. The molecule has 0 aliphatic carbocycles. The summed E-state index contributed by atoms with van der Waals surface area (Å²) in [5.74, 6) is 1.41. The summed E-state index contributed by atoms with van der Waals surface area (Å²) in [5.41, 5.74) is 1.59. The van der Waals surface area contributed by atoms with E-state index in [0.29, 0.717) is 40.0 Å². The highest BCUT2D eigenvalue weighted by atomic mass is 35.5. The number of imidazole rings is 1. The maximum absolute atomic E-state index is 10.3. The second kappa shape index (κ2) is 8.81. The van der Waals surface area contributed by atoms with Gasteiger partial charge in [0.15, 0.2) is 34.7 Å². The fourth-order valence-corrected chi connectivity index (χ4v) is 3.82. The Morgan fingerprint density at radius 1 is 1.16 bits per heavy atom. The molecular weight excluding hydrogens is 430 g/mol. The number of nitrogens with zero attached hydrogens (tertiary/aromatic N) is 4. The molecule has 166 valence electrons. The van der Waals surface area contributed by atoms with E-state index >= 15 is 0 Å². The smallest absolute Gasteiger partial charge is 0.179 e. The van der Waals surface area contributed by atoms with Crippen LogP contribution in [0.1, 0.15) is 11.8 Å². The second-order valence-electron chi connectivity index (χ2n) is 6.90. The van der Waals surface area contributed by atoms with Crippen molar-refractivity contribution >= 4 is 28.6 Å². The largest absolute Gasteiger partial charge is 0.493 e. The summed E-state index contributed by atoms with van der Waals surface area (Å²) in [4.78, 5) is 12.8. The van der Waals surface area contributed by atoms with Crippen LogP contribution in [-0.2, 0) is 11.3 Å². The number of halogens is 1. The lowest BCUT2D eigenvalue weighted by Crippen LogP contribution is -2.33. The number of ether oxygens (including phenoxy) is 3. The molecule has 3 heterocycles. The van der Waals surface area contributed by atoms with E-state index in [1.165, 1.54) is 31.4 Å². The number of methoxy groups -OCH3 is 2. The van der Waals surface area contributed by atoms with Crippen molar-refractivity contribution in [3.63, 3.8) is 0 Å². The molecule has 4 atom stereocenters. The molecule has 4 rings (SSSR count). The molecule has 0 spiro atoms. The lowest BCUT2D eigenvalue weighted by atomic mass is 10.1. The fraction of sp³-hybridized carbons (Fsp3) is 0.421. The minimum absolute atomic E-state index is 0.325. The van der Waals surface area contributed by atoms with Gasteiger partial charge in [-0.3, -0.25) is 4.57 Å². The van der Waals surface area contributed by atoms with Crippen molar-refractivity contribution in [1.29, 1.82) is 0 Å². The Kier molecular flexibility index (Phi) is 6.12. The molecule has 1 saturated heterocycles. The molecule has 1 fully saturated rings. The standard InChI is InChI=1S/C19H22ClN5O6/c1-29-10-4-3-9(12(20)16(10)30-2)5-21-17-13-18(23-7-22-17)25(8-24-13)19-15(28)14(27)11(6-26)31-19/h3-4,7-8,11,14-15,19,26-28H,5-6H2,1-2H3,(H,21,22,23)/t11-,14-,15-,19?/m1/s1. The van der Waals surface area contributed by atoms with E-state index in [2.05, 4.69) is 20.3 Å². The van der Waals surface area contributed by atoms with Gasteiger partial charge < -0.3 is 34.8 Å². The van der Waals surface area contributed by atoms with E-state index < -0.39 is 31.1 Å². The van der Waals surface area contributed by atoms with Crippen LogP contribution in [0.2, 0.25) is 5.02 Å². The number of aliphatic hydroxyl groups excluding tert-OH is 3. The van der Waals surface area contributed by atoms with Crippen LogP contribution < -0.4 is 14.8 Å². The van der Waals surface area contributed by atoms with Crippen LogP contribution in [-0.4, -0.2) is 74.0 Å². The maximum atomic E-state index is 10.3. The molecule has 1 unspecified atom stereocenters. The number of nitrogens with one attached hydrogen (secondary N) is 1. The quantitative estimate of drug-likeness (QED) is 0.405. The van der Waals surface area contributed by atoms with Gasteiger partial charge >= 0.3 is 0 Å². The van der Waals surface area contributed by atoms with E-state index in [9.17, 15) is 15.3 Å².